The van der Waals surface area contributed by atoms with Crippen LogP contribution in [0, 0.1) is 0 Å². The first-order chi connectivity index (χ1) is 5.29. The summed E-state index contributed by atoms with van der Waals surface area (Å²) >= 11 is 0. The molecule has 0 aromatic rings. The molecule has 0 aliphatic carbocycles. The molecular weight excluding hydrogens is 140 g/mol. The molecule has 2 N–H and O–H groups in total. The first kappa shape index (κ1) is 8.97. The fraction of sp³-hybridized carbons (Fsp3) is 1.00. The van der Waals surface area contributed by atoms with E-state index in [0.29, 0.717) is 6.54 Å². The summed E-state index contributed by atoms with van der Waals surface area (Å²) in [6.45, 7) is 8.80. The van der Waals surface area contributed by atoms with E-state index in [1.54, 1.807) is 0 Å². The summed E-state index contributed by atoms with van der Waals surface area (Å²) in [5.41, 5.74) is 5.87. The first-order valence-corrected chi connectivity index (χ1v) is 4.32. The number of likely N-dealkylation sites (N-methyl/N-ethyl adjacent to an activating group) is 1. The van der Waals surface area contributed by atoms with Crippen LogP contribution in [0.3, 0.4) is 0 Å². The van der Waals surface area contributed by atoms with Crippen LogP contribution in [0.2, 0.25) is 0 Å². The Balaban J connectivity index is 2.51. The number of nitrogens with two attached hydrogens (primary N) is 1. The predicted octanol–water partition coefficient (Wildman–Crippen LogP) is 0.0559. The fourth-order valence-electron chi connectivity index (χ4n) is 1.66. The summed E-state index contributed by atoms with van der Waals surface area (Å²) in [6.07, 6.45) is 0. The second-order valence-electron chi connectivity index (χ2n) is 3.09. The van der Waals surface area contributed by atoms with Gasteiger partial charge in [-0.15, -0.1) is 0 Å². The minimum atomic E-state index is 0.170. The van der Waals surface area contributed by atoms with Crippen molar-refractivity contribution in [1.82, 2.24) is 4.90 Å². The van der Waals surface area contributed by atoms with Gasteiger partial charge in [0.05, 0.1) is 18.8 Å². The van der Waals surface area contributed by atoms with Gasteiger partial charge in [-0.25, -0.2) is 0 Å². The number of nitrogens with zero attached hydrogens (tertiary/aromatic N) is 1. The lowest BCUT2D eigenvalue weighted by Crippen LogP contribution is -2.66. The van der Waals surface area contributed by atoms with E-state index in [-0.39, 0.29) is 5.54 Å². The molecule has 0 amide bonds. The van der Waals surface area contributed by atoms with Gasteiger partial charge >= 0.3 is 0 Å². The molecule has 1 fully saturated rings. The maximum atomic E-state index is 5.70. The van der Waals surface area contributed by atoms with Crippen LogP contribution in [0.25, 0.3) is 0 Å². The van der Waals surface area contributed by atoms with E-state index in [2.05, 4.69) is 18.7 Å². The molecule has 11 heavy (non-hydrogen) atoms. The van der Waals surface area contributed by atoms with E-state index >= 15 is 0 Å². The summed E-state index contributed by atoms with van der Waals surface area (Å²) in [5, 5.41) is 0. The van der Waals surface area contributed by atoms with Crippen LogP contribution in [0.4, 0.5) is 0 Å². The highest BCUT2D eigenvalue weighted by atomic mass is 16.5. The van der Waals surface area contributed by atoms with Crippen LogP contribution >= 0.6 is 0 Å². The SMILES string of the molecule is CCN(CC)C1(CN)COC1. The minimum Gasteiger partial charge on any atom is -0.377 e. The predicted molar refractivity (Wildman–Crippen MR) is 45.5 cm³/mol. The van der Waals surface area contributed by atoms with Crippen molar-refractivity contribution in [3.63, 3.8) is 0 Å². The van der Waals surface area contributed by atoms with Crippen LogP contribution in [0.1, 0.15) is 13.8 Å². The zero-order chi connectivity index (χ0) is 8.32. The van der Waals surface area contributed by atoms with Gasteiger partial charge in [-0.3, -0.25) is 4.90 Å². The molecule has 1 aliphatic rings. The molecule has 1 saturated heterocycles. The van der Waals surface area contributed by atoms with Crippen molar-refractivity contribution >= 4 is 0 Å². The Morgan fingerprint density at radius 2 is 1.91 bits per heavy atom. The Morgan fingerprint density at radius 3 is 2.00 bits per heavy atom. The summed E-state index contributed by atoms with van der Waals surface area (Å²) in [4.78, 5) is 2.39. The Hall–Kier alpha value is -0.120. The Labute approximate surface area is 68.5 Å². The van der Waals surface area contributed by atoms with Gasteiger partial charge in [0.1, 0.15) is 0 Å². The van der Waals surface area contributed by atoms with Crippen LogP contribution in [-0.4, -0.2) is 43.3 Å². The molecule has 1 rings (SSSR count). The average molecular weight is 158 g/mol. The Morgan fingerprint density at radius 1 is 1.36 bits per heavy atom. The van der Waals surface area contributed by atoms with Gasteiger partial charge < -0.3 is 10.5 Å². The quantitative estimate of drug-likeness (QED) is 0.628. The van der Waals surface area contributed by atoms with Crippen molar-refractivity contribution < 1.29 is 4.74 Å². The molecule has 0 saturated carbocycles. The maximum Gasteiger partial charge on any atom is 0.0802 e. The topological polar surface area (TPSA) is 38.5 Å². The molecule has 3 nitrogen and oxygen atoms in total. The van der Waals surface area contributed by atoms with Crippen molar-refractivity contribution in [1.29, 1.82) is 0 Å². The minimum absolute atomic E-state index is 0.170. The van der Waals surface area contributed by atoms with Gasteiger partial charge in [0.15, 0.2) is 0 Å². The number of rotatable bonds is 4. The van der Waals surface area contributed by atoms with Gasteiger partial charge in [0.25, 0.3) is 0 Å². The molecule has 0 aromatic carbocycles. The van der Waals surface area contributed by atoms with Crippen LogP contribution in [-0.2, 0) is 4.74 Å². The van der Waals surface area contributed by atoms with Gasteiger partial charge in [-0.2, -0.15) is 0 Å². The summed E-state index contributed by atoms with van der Waals surface area (Å²) in [7, 11) is 0. The molecule has 1 heterocycles. The lowest BCUT2D eigenvalue weighted by Gasteiger charge is -2.48. The molecular formula is C8H18N2O. The van der Waals surface area contributed by atoms with Crippen LogP contribution < -0.4 is 5.73 Å². The van der Waals surface area contributed by atoms with E-state index in [4.69, 9.17) is 10.5 Å². The largest absolute Gasteiger partial charge is 0.377 e. The maximum absolute atomic E-state index is 5.70. The van der Waals surface area contributed by atoms with E-state index in [0.717, 1.165) is 26.3 Å². The zero-order valence-electron chi connectivity index (χ0n) is 7.47. The molecule has 66 valence electrons. The van der Waals surface area contributed by atoms with E-state index in [1.165, 1.54) is 0 Å². The second kappa shape index (κ2) is 3.52. The molecule has 0 radical (unpaired) electrons. The molecule has 0 atom stereocenters. The molecule has 0 spiro atoms. The first-order valence-electron chi connectivity index (χ1n) is 4.32. The van der Waals surface area contributed by atoms with Gasteiger partial charge in [0, 0.05) is 6.54 Å². The fourth-order valence-corrected chi connectivity index (χ4v) is 1.66. The molecule has 0 aromatic heterocycles. The lowest BCUT2D eigenvalue weighted by molar-refractivity contribution is -0.132. The standard InChI is InChI=1S/C8H18N2O/c1-3-10(4-2)8(5-9)6-11-7-8/h3-7,9H2,1-2H3. The normalized spacial score (nSPS) is 21.8. The number of ether oxygens (including phenoxy) is 1. The Kier molecular flexibility index (Phi) is 2.87. The van der Waals surface area contributed by atoms with Crippen molar-refractivity contribution in [2.75, 3.05) is 32.8 Å². The van der Waals surface area contributed by atoms with Crippen LogP contribution in [0.5, 0.6) is 0 Å². The third-order valence-corrected chi connectivity index (χ3v) is 2.56. The van der Waals surface area contributed by atoms with Crippen molar-refractivity contribution in [2.45, 2.75) is 19.4 Å². The van der Waals surface area contributed by atoms with Crippen molar-refractivity contribution in [3.05, 3.63) is 0 Å². The number of hydrogen-bond donors (Lipinski definition) is 1. The molecule has 1 aliphatic heterocycles. The van der Waals surface area contributed by atoms with E-state index < -0.39 is 0 Å². The van der Waals surface area contributed by atoms with Gasteiger partial charge in [-0.1, -0.05) is 13.8 Å². The van der Waals surface area contributed by atoms with Crippen molar-refractivity contribution in [3.8, 4) is 0 Å². The summed E-state index contributed by atoms with van der Waals surface area (Å²) < 4.78 is 5.19. The Bertz CT molecular complexity index is 114. The lowest BCUT2D eigenvalue weighted by atomic mass is 9.95. The third-order valence-electron chi connectivity index (χ3n) is 2.56. The smallest absolute Gasteiger partial charge is 0.0802 e. The summed E-state index contributed by atoms with van der Waals surface area (Å²) in [6, 6.07) is 0. The van der Waals surface area contributed by atoms with E-state index in [1.807, 2.05) is 0 Å². The highest BCUT2D eigenvalue weighted by molar-refractivity contribution is 4.96. The highest BCUT2D eigenvalue weighted by Crippen LogP contribution is 2.23. The number of hydrogen-bond acceptors (Lipinski definition) is 3. The summed E-state index contributed by atoms with van der Waals surface area (Å²) in [5.74, 6) is 0. The van der Waals surface area contributed by atoms with Gasteiger partial charge in [-0.05, 0) is 13.1 Å². The molecule has 3 heteroatoms. The molecule has 0 bridgehead atoms. The highest BCUT2D eigenvalue weighted by Gasteiger charge is 2.41. The van der Waals surface area contributed by atoms with Crippen LogP contribution in [0.15, 0.2) is 0 Å². The average Bonchev–Trinajstić information content (AvgIpc) is 1.96. The van der Waals surface area contributed by atoms with Gasteiger partial charge in [0.2, 0.25) is 0 Å². The molecule has 0 unspecified atom stereocenters. The van der Waals surface area contributed by atoms with E-state index in [9.17, 15) is 0 Å². The zero-order valence-corrected chi connectivity index (χ0v) is 7.47. The third kappa shape index (κ3) is 1.41. The monoisotopic (exact) mass is 158 g/mol. The van der Waals surface area contributed by atoms with Crippen molar-refractivity contribution in [2.24, 2.45) is 5.73 Å². The second-order valence-corrected chi connectivity index (χ2v) is 3.09.